The van der Waals surface area contributed by atoms with E-state index in [0.29, 0.717) is 5.69 Å². The highest BCUT2D eigenvalue weighted by molar-refractivity contribution is 5.89. The summed E-state index contributed by atoms with van der Waals surface area (Å²) in [6, 6.07) is 12.1. The van der Waals surface area contributed by atoms with Gasteiger partial charge in [-0.05, 0) is 37.6 Å². The van der Waals surface area contributed by atoms with Gasteiger partial charge in [-0.1, -0.05) is 29.8 Å². The zero-order valence-corrected chi connectivity index (χ0v) is 11.4. The van der Waals surface area contributed by atoms with Crippen LogP contribution in [0.15, 0.2) is 42.5 Å². The van der Waals surface area contributed by atoms with Crippen molar-refractivity contribution in [2.45, 2.75) is 19.9 Å². The summed E-state index contributed by atoms with van der Waals surface area (Å²) >= 11 is 0. The zero-order chi connectivity index (χ0) is 14.7. The molecule has 3 nitrogen and oxygen atoms in total. The maximum Gasteiger partial charge on any atom is 0.338 e. The highest BCUT2D eigenvalue weighted by atomic mass is 19.1. The van der Waals surface area contributed by atoms with E-state index in [1.54, 1.807) is 0 Å². The van der Waals surface area contributed by atoms with Crippen LogP contribution in [0.4, 0.5) is 10.1 Å². The lowest BCUT2D eigenvalue weighted by Gasteiger charge is -2.16. The molecular weight excluding hydrogens is 257 g/mol. The van der Waals surface area contributed by atoms with Gasteiger partial charge in [0.05, 0.1) is 5.56 Å². The fourth-order valence-corrected chi connectivity index (χ4v) is 1.97. The molecule has 1 atom stereocenters. The molecule has 0 aliphatic heterocycles. The van der Waals surface area contributed by atoms with Crippen molar-refractivity contribution in [1.82, 2.24) is 0 Å². The van der Waals surface area contributed by atoms with Gasteiger partial charge in [0.25, 0.3) is 0 Å². The van der Waals surface area contributed by atoms with Gasteiger partial charge in [-0.25, -0.2) is 9.18 Å². The van der Waals surface area contributed by atoms with Gasteiger partial charge in [0.2, 0.25) is 0 Å². The Morgan fingerprint density at radius 3 is 2.45 bits per heavy atom. The maximum absolute atomic E-state index is 13.3. The van der Waals surface area contributed by atoms with Crippen LogP contribution in [-0.2, 0) is 0 Å². The molecule has 0 aromatic heterocycles. The fraction of sp³-hybridized carbons (Fsp3) is 0.188. The predicted molar refractivity (Wildman–Crippen MR) is 76.6 cm³/mol. The van der Waals surface area contributed by atoms with Crippen LogP contribution in [0.25, 0.3) is 0 Å². The quantitative estimate of drug-likeness (QED) is 0.885. The monoisotopic (exact) mass is 273 g/mol. The standard InChI is InChI=1S/C16H16FNO2/c1-10-3-5-12(6-4-10)11(2)18-13-7-8-15(17)14(9-13)16(19)20/h3-9,11,18H,1-2H3,(H,19,20). The van der Waals surface area contributed by atoms with Crippen LogP contribution < -0.4 is 5.32 Å². The summed E-state index contributed by atoms with van der Waals surface area (Å²) in [5, 5.41) is 12.1. The number of aromatic carboxylic acids is 1. The van der Waals surface area contributed by atoms with Crippen molar-refractivity contribution in [2.75, 3.05) is 5.32 Å². The number of hydrogen-bond donors (Lipinski definition) is 2. The molecule has 0 saturated heterocycles. The summed E-state index contributed by atoms with van der Waals surface area (Å²) in [5.41, 5.74) is 2.51. The lowest BCUT2D eigenvalue weighted by atomic mass is 10.1. The number of benzene rings is 2. The Morgan fingerprint density at radius 1 is 1.20 bits per heavy atom. The zero-order valence-electron chi connectivity index (χ0n) is 11.4. The van der Waals surface area contributed by atoms with Gasteiger partial charge in [0.15, 0.2) is 0 Å². The van der Waals surface area contributed by atoms with Gasteiger partial charge in [-0.2, -0.15) is 0 Å². The predicted octanol–water partition coefficient (Wildman–Crippen LogP) is 4.01. The van der Waals surface area contributed by atoms with Crippen molar-refractivity contribution in [3.63, 3.8) is 0 Å². The smallest absolute Gasteiger partial charge is 0.338 e. The lowest BCUT2D eigenvalue weighted by molar-refractivity contribution is 0.0692. The lowest BCUT2D eigenvalue weighted by Crippen LogP contribution is -2.08. The fourth-order valence-electron chi connectivity index (χ4n) is 1.97. The molecule has 0 bridgehead atoms. The molecule has 0 heterocycles. The Labute approximate surface area is 117 Å². The Bertz CT molecular complexity index is 623. The molecule has 1 unspecified atom stereocenters. The van der Waals surface area contributed by atoms with Crippen LogP contribution in [-0.4, -0.2) is 11.1 Å². The third-order valence-electron chi connectivity index (χ3n) is 3.16. The van der Waals surface area contributed by atoms with Crippen LogP contribution in [0.2, 0.25) is 0 Å². The maximum atomic E-state index is 13.3. The van der Waals surface area contributed by atoms with Crippen molar-refractivity contribution < 1.29 is 14.3 Å². The van der Waals surface area contributed by atoms with Gasteiger partial charge >= 0.3 is 5.97 Å². The number of rotatable bonds is 4. The second kappa shape index (κ2) is 5.74. The molecule has 4 heteroatoms. The Hall–Kier alpha value is -2.36. The van der Waals surface area contributed by atoms with Gasteiger partial charge in [0, 0.05) is 11.7 Å². The van der Waals surface area contributed by atoms with E-state index >= 15 is 0 Å². The number of halogens is 1. The van der Waals surface area contributed by atoms with E-state index < -0.39 is 11.8 Å². The average molecular weight is 273 g/mol. The van der Waals surface area contributed by atoms with E-state index in [2.05, 4.69) is 5.32 Å². The van der Waals surface area contributed by atoms with E-state index in [-0.39, 0.29) is 11.6 Å². The summed E-state index contributed by atoms with van der Waals surface area (Å²) in [6.45, 7) is 3.98. The van der Waals surface area contributed by atoms with E-state index in [4.69, 9.17) is 5.11 Å². The molecule has 0 aliphatic rings. The third kappa shape index (κ3) is 3.15. The van der Waals surface area contributed by atoms with Crippen LogP contribution in [0.1, 0.15) is 34.5 Å². The normalized spacial score (nSPS) is 11.9. The minimum Gasteiger partial charge on any atom is -0.478 e. The Morgan fingerprint density at radius 2 is 1.85 bits per heavy atom. The molecule has 20 heavy (non-hydrogen) atoms. The number of hydrogen-bond acceptors (Lipinski definition) is 2. The molecule has 0 spiro atoms. The largest absolute Gasteiger partial charge is 0.478 e. The molecule has 0 saturated carbocycles. The first kappa shape index (κ1) is 14.1. The van der Waals surface area contributed by atoms with Crippen molar-refractivity contribution in [2.24, 2.45) is 0 Å². The second-order valence-electron chi connectivity index (χ2n) is 4.78. The molecule has 2 rings (SSSR count). The van der Waals surface area contributed by atoms with Gasteiger partial charge < -0.3 is 10.4 Å². The summed E-state index contributed by atoms with van der Waals surface area (Å²) in [6.07, 6.45) is 0. The van der Waals surface area contributed by atoms with E-state index in [1.807, 2.05) is 38.1 Å². The molecule has 2 aromatic carbocycles. The first-order valence-corrected chi connectivity index (χ1v) is 6.33. The van der Waals surface area contributed by atoms with Crippen molar-refractivity contribution in [3.8, 4) is 0 Å². The number of anilines is 1. The van der Waals surface area contributed by atoms with E-state index in [1.165, 1.54) is 17.7 Å². The summed E-state index contributed by atoms with van der Waals surface area (Å²) in [5.74, 6) is -2.00. The van der Waals surface area contributed by atoms with E-state index in [0.717, 1.165) is 11.6 Å². The summed E-state index contributed by atoms with van der Waals surface area (Å²) < 4.78 is 13.3. The van der Waals surface area contributed by atoms with Crippen LogP contribution >= 0.6 is 0 Å². The average Bonchev–Trinajstić information content (AvgIpc) is 2.41. The number of carboxylic acid groups (broad SMARTS) is 1. The first-order chi connectivity index (χ1) is 9.47. The number of carboxylic acids is 1. The molecule has 0 radical (unpaired) electrons. The Kier molecular flexibility index (Phi) is 4.03. The number of carbonyl (C=O) groups is 1. The van der Waals surface area contributed by atoms with Crippen molar-refractivity contribution >= 4 is 11.7 Å². The molecular formula is C16H16FNO2. The highest BCUT2D eigenvalue weighted by Crippen LogP contribution is 2.21. The van der Waals surface area contributed by atoms with Crippen molar-refractivity contribution in [3.05, 3.63) is 65.0 Å². The molecule has 0 fully saturated rings. The first-order valence-electron chi connectivity index (χ1n) is 6.33. The van der Waals surface area contributed by atoms with Crippen molar-refractivity contribution in [1.29, 1.82) is 0 Å². The topological polar surface area (TPSA) is 49.3 Å². The number of aryl methyl sites for hydroxylation is 1. The molecule has 2 N–H and O–H groups in total. The highest BCUT2D eigenvalue weighted by Gasteiger charge is 2.12. The molecule has 0 amide bonds. The summed E-state index contributed by atoms with van der Waals surface area (Å²) in [7, 11) is 0. The minimum absolute atomic E-state index is 0.00251. The van der Waals surface area contributed by atoms with Crippen LogP contribution in [0.5, 0.6) is 0 Å². The van der Waals surface area contributed by atoms with E-state index in [9.17, 15) is 9.18 Å². The second-order valence-corrected chi connectivity index (χ2v) is 4.78. The van der Waals surface area contributed by atoms with Gasteiger partial charge in [-0.3, -0.25) is 0 Å². The third-order valence-corrected chi connectivity index (χ3v) is 3.16. The molecule has 2 aromatic rings. The molecule has 104 valence electrons. The summed E-state index contributed by atoms with van der Waals surface area (Å²) in [4.78, 5) is 10.9. The molecule has 0 aliphatic carbocycles. The van der Waals surface area contributed by atoms with Crippen LogP contribution in [0.3, 0.4) is 0 Å². The van der Waals surface area contributed by atoms with Gasteiger partial charge in [0.1, 0.15) is 5.82 Å². The Balaban J connectivity index is 2.19. The SMILES string of the molecule is Cc1ccc(C(C)Nc2ccc(F)c(C(=O)O)c2)cc1. The number of nitrogens with one attached hydrogen (secondary N) is 1. The van der Waals surface area contributed by atoms with Gasteiger partial charge in [-0.15, -0.1) is 0 Å². The minimum atomic E-state index is -1.27. The van der Waals surface area contributed by atoms with Crippen LogP contribution in [0, 0.1) is 12.7 Å².